The molecule has 1 aromatic heterocycles. The number of hydrogen-bond donors (Lipinski definition) is 0. The molecule has 11 nitrogen and oxygen atoms in total. The second-order valence-corrected chi connectivity index (χ2v) is 2.91. The van der Waals surface area contributed by atoms with Crippen LogP contribution in [0, 0.1) is 44.9 Å². The third-order valence-corrected chi connectivity index (χ3v) is 1.82. The van der Waals surface area contributed by atoms with Gasteiger partial charge in [-0.25, -0.2) is 24.9 Å². The summed E-state index contributed by atoms with van der Waals surface area (Å²) >= 11 is 0. The molecule has 0 unspecified atom stereocenters. The molecule has 0 saturated carbocycles. The van der Waals surface area contributed by atoms with E-state index in [9.17, 15) is 20.2 Å². The minimum atomic E-state index is -0.892. The van der Waals surface area contributed by atoms with Gasteiger partial charge in [-0.05, 0) is 10.3 Å². The Hall–Kier alpha value is -3.34. The van der Waals surface area contributed by atoms with Crippen molar-refractivity contribution >= 4 is 11.6 Å². The first-order valence-electron chi connectivity index (χ1n) is 4.56. The zero-order valence-electron chi connectivity index (χ0n) is 9.29. The van der Waals surface area contributed by atoms with E-state index < -0.39 is 34.8 Å². The molecular weight excluding hydrogens is 260 g/mol. The molecule has 0 aliphatic heterocycles. The lowest BCUT2D eigenvalue weighted by molar-refractivity contribution is -0.498. The molecule has 0 spiro atoms. The minimum Gasteiger partial charge on any atom is -0.240 e. The number of hydrazine groups is 2. The molecule has 0 radical (unpaired) electrons. The Kier molecular flexibility index (Phi) is 4.21. The molecule has 0 aromatic carbocycles. The van der Waals surface area contributed by atoms with Crippen LogP contribution in [-0.2, 0) is 0 Å². The van der Waals surface area contributed by atoms with E-state index in [4.69, 9.17) is 12.8 Å². The van der Waals surface area contributed by atoms with Crippen molar-refractivity contribution in [3.63, 3.8) is 0 Å². The smallest absolute Gasteiger partial charge is 0.240 e. The number of terminal acetylenes is 2. The summed E-state index contributed by atoms with van der Waals surface area (Å²) in [5.74, 6) is 3.01. The Morgan fingerprint density at radius 3 is 1.68 bits per heavy atom. The highest BCUT2D eigenvalue weighted by molar-refractivity contribution is 5.59. The van der Waals surface area contributed by atoms with Gasteiger partial charge in [-0.3, -0.25) is 0 Å². The van der Waals surface area contributed by atoms with Crippen LogP contribution in [0.2, 0.25) is 0 Å². The Balaban J connectivity index is 3.22. The molecular formula is C8H6N6O5. The first-order valence-corrected chi connectivity index (χ1v) is 4.56. The quantitative estimate of drug-likeness (QED) is 0.373. The third kappa shape index (κ3) is 2.86. The summed E-state index contributed by atoms with van der Waals surface area (Å²) < 4.78 is 4.27. The standard InChI is InChI=1S/C8H6N6O5/c1-3-5-11(13(15)16)7-8(10-19-9-7)12(6-4-2)14(17)18/h1-2H,5-6H2. The van der Waals surface area contributed by atoms with Crippen LogP contribution in [0.3, 0.4) is 0 Å². The van der Waals surface area contributed by atoms with Crippen LogP contribution in [-0.4, -0.2) is 33.5 Å². The molecule has 0 saturated heterocycles. The lowest BCUT2D eigenvalue weighted by Crippen LogP contribution is -2.35. The molecule has 0 amide bonds. The molecule has 0 aliphatic carbocycles. The van der Waals surface area contributed by atoms with Gasteiger partial charge >= 0.3 is 0 Å². The van der Waals surface area contributed by atoms with Crippen molar-refractivity contribution < 1.29 is 14.7 Å². The summed E-state index contributed by atoms with van der Waals surface area (Å²) in [7, 11) is 0. The average Bonchev–Trinajstić information content (AvgIpc) is 2.80. The highest BCUT2D eigenvalue weighted by atomic mass is 16.7. The van der Waals surface area contributed by atoms with E-state index in [1.807, 2.05) is 11.8 Å². The van der Waals surface area contributed by atoms with E-state index in [0.717, 1.165) is 0 Å². The predicted molar refractivity (Wildman–Crippen MR) is 60.6 cm³/mol. The molecule has 0 atom stereocenters. The van der Waals surface area contributed by atoms with Crippen molar-refractivity contribution in [3.8, 4) is 24.7 Å². The summed E-state index contributed by atoms with van der Waals surface area (Å²) in [6.45, 7) is -0.953. The number of rotatable bonds is 6. The monoisotopic (exact) mass is 266 g/mol. The summed E-state index contributed by atoms with van der Waals surface area (Å²) in [4.78, 5) is 21.6. The van der Waals surface area contributed by atoms with Crippen molar-refractivity contribution in [1.29, 1.82) is 0 Å². The minimum absolute atomic E-state index is 0.374. The molecule has 1 rings (SSSR count). The van der Waals surface area contributed by atoms with Gasteiger partial charge in [-0.1, -0.05) is 21.9 Å². The predicted octanol–water partition coefficient (Wildman–Crippen LogP) is -0.668. The van der Waals surface area contributed by atoms with Gasteiger partial charge in [0.05, 0.1) is 0 Å². The number of hydrogen-bond acceptors (Lipinski definition) is 7. The summed E-state index contributed by atoms with van der Waals surface area (Å²) in [6, 6.07) is 0. The highest BCUT2D eigenvalue weighted by Crippen LogP contribution is 2.24. The summed E-state index contributed by atoms with van der Waals surface area (Å²) in [5, 5.41) is 27.0. The van der Waals surface area contributed by atoms with Crippen LogP contribution in [0.4, 0.5) is 11.6 Å². The zero-order valence-corrected chi connectivity index (χ0v) is 9.29. The van der Waals surface area contributed by atoms with Crippen LogP contribution in [0.1, 0.15) is 0 Å². The lowest BCUT2D eigenvalue weighted by Gasteiger charge is -2.11. The third-order valence-electron chi connectivity index (χ3n) is 1.82. The van der Waals surface area contributed by atoms with E-state index in [1.54, 1.807) is 0 Å². The number of nitro groups is 2. The van der Waals surface area contributed by atoms with Crippen LogP contribution in [0.15, 0.2) is 4.63 Å². The van der Waals surface area contributed by atoms with Crippen LogP contribution in [0.25, 0.3) is 0 Å². The molecule has 98 valence electrons. The average molecular weight is 266 g/mol. The van der Waals surface area contributed by atoms with Crippen LogP contribution < -0.4 is 10.0 Å². The van der Waals surface area contributed by atoms with Gasteiger partial charge in [-0.2, -0.15) is 0 Å². The van der Waals surface area contributed by atoms with Gasteiger partial charge in [-0.15, -0.1) is 12.8 Å². The van der Waals surface area contributed by atoms with Crippen molar-refractivity contribution in [1.82, 2.24) is 10.3 Å². The fourth-order valence-corrected chi connectivity index (χ4v) is 1.10. The molecule has 1 aromatic rings. The van der Waals surface area contributed by atoms with E-state index in [2.05, 4.69) is 14.9 Å². The summed E-state index contributed by atoms with van der Waals surface area (Å²) in [6.07, 6.45) is 9.93. The van der Waals surface area contributed by atoms with E-state index in [1.165, 1.54) is 0 Å². The molecule has 1 heterocycles. The second kappa shape index (κ2) is 5.83. The maximum atomic E-state index is 10.8. The first kappa shape index (κ1) is 13.7. The Labute approximate surface area is 106 Å². The first-order chi connectivity index (χ1) is 9.02. The van der Waals surface area contributed by atoms with E-state index in [-0.39, 0.29) is 0 Å². The van der Waals surface area contributed by atoms with Crippen LogP contribution in [0.5, 0.6) is 0 Å². The summed E-state index contributed by atoms with van der Waals surface area (Å²) in [5.41, 5.74) is 0. The van der Waals surface area contributed by atoms with Crippen LogP contribution >= 0.6 is 0 Å². The number of nitrogens with zero attached hydrogens (tertiary/aromatic N) is 6. The van der Waals surface area contributed by atoms with Crippen molar-refractivity contribution in [2.75, 3.05) is 23.1 Å². The van der Waals surface area contributed by atoms with E-state index >= 15 is 0 Å². The SMILES string of the molecule is C#CCN(c1nonc1N(CC#C)[N+](=O)[O-])[N+](=O)[O-]. The van der Waals surface area contributed by atoms with Crippen molar-refractivity contribution in [2.45, 2.75) is 0 Å². The molecule has 11 heteroatoms. The lowest BCUT2D eigenvalue weighted by atomic mass is 10.5. The Morgan fingerprint density at radius 1 is 1.05 bits per heavy atom. The Morgan fingerprint density at radius 2 is 1.42 bits per heavy atom. The normalized spacial score (nSPS) is 9.16. The van der Waals surface area contributed by atoms with Gasteiger partial charge < -0.3 is 0 Å². The topological polar surface area (TPSA) is 132 Å². The second-order valence-electron chi connectivity index (χ2n) is 2.91. The Bertz CT molecular complexity index is 520. The fraction of sp³-hybridized carbons (Fsp3) is 0.250. The van der Waals surface area contributed by atoms with Crippen molar-refractivity contribution in [2.24, 2.45) is 0 Å². The van der Waals surface area contributed by atoms with E-state index in [0.29, 0.717) is 10.0 Å². The van der Waals surface area contributed by atoms with Gasteiger partial charge in [0.25, 0.3) is 11.6 Å². The molecule has 0 bridgehead atoms. The number of anilines is 2. The largest absolute Gasteiger partial charge is 0.287 e. The maximum absolute atomic E-state index is 10.8. The molecule has 0 N–H and O–H groups in total. The van der Waals surface area contributed by atoms with Crippen molar-refractivity contribution in [3.05, 3.63) is 20.2 Å². The number of aromatic nitrogens is 2. The molecule has 19 heavy (non-hydrogen) atoms. The van der Waals surface area contributed by atoms with Gasteiger partial charge in [0, 0.05) is 0 Å². The highest BCUT2D eigenvalue weighted by Gasteiger charge is 2.33. The zero-order chi connectivity index (χ0) is 14.4. The molecule has 0 aliphatic rings. The van der Waals surface area contributed by atoms with Gasteiger partial charge in [0.2, 0.25) is 0 Å². The maximum Gasteiger partial charge on any atom is 0.287 e. The van der Waals surface area contributed by atoms with Gasteiger partial charge in [0.15, 0.2) is 10.1 Å². The van der Waals surface area contributed by atoms with Gasteiger partial charge in [0.1, 0.15) is 13.1 Å². The fourth-order valence-electron chi connectivity index (χ4n) is 1.10. The molecule has 0 fully saturated rings.